The first-order valence-electron chi connectivity index (χ1n) is 5.28. The molecule has 1 aliphatic rings. The number of nitrogens with one attached hydrogen (secondary N) is 2. The first kappa shape index (κ1) is 13.7. The molecule has 0 spiro atoms. The van der Waals surface area contributed by atoms with Gasteiger partial charge in [-0.3, -0.25) is 9.89 Å². The van der Waals surface area contributed by atoms with Crippen molar-refractivity contribution in [3.8, 4) is 0 Å². The highest BCUT2D eigenvalue weighted by atomic mass is 35.5. The topological polar surface area (TPSA) is 57.8 Å². The van der Waals surface area contributed by atoms with E-state index in [1.54, 1.807) is 23.3 Å². The normalized spacial score (nSPS) is 22.5. The Bertz CT molecular complexity index is 550. The highest BCUT2D eigenvalue weighted by molar-refractivity contribution is 6.26. The number of nitrogens with zero attached hydrogens (tertiary/aromatic N) is 1. The molecule has 0 aromatic carbocycles. The lowest BCUT2D eigenvalue weighted by atomic mass is 10.1. The van der Waals surface area contributed by atoms with Gasteiger partial charge in [0.25, 0.3) is 5.91 Å². The molecule has 1 unspecified atom stereocenters. The van der Waals surface area contributed by atoms with Crippen LogP contribution in [0, 0.1) is 0 Å². The molecule has 1 aromatic rings. The van der Waals surface area contributed by atoms with Crippen molar-refractivity contribution in [2.24, 2.45) is 0 Å². The maximum atomic E-state index is 12.6. The van der Waals surface area contributed by atoms with Crippen molar-refractivity contribution in [3.05, 3.63) is 41.8 Å². The molecule has 19 heavy (non-hydrogen) atoms. The first-order valence-corrected chi connectivity index (χ1v) is 5.66. The summed E-state index contributed by atoms with van der Waals surface area (Å²) in [6.45, 7) is 0. The van der Waals surface area contributed by atoms with Gasteiger partial charge in [-0.2, -0.15) is 18.3 Å². The Labute approximate surface area is 111 Å². The summed E-state index contributed by atoms with van der Waals surface area (Å²) in [4.78, 5) is 10.6. The van der Waals surface area contributed by atoms with Crippen LogP contribution < -0.4 is 5.32 Å². The van der Waals surface area contributed by atoms with Crippen molar-refractivity contribution < 1.29 is 18.0 Å². The minimum atomic E-state index is -4.68. The Balaban J connectivity index is 2.20. The zero-order valence-electron chi connectivity index (χ0n) is 9.46. The largest absolute Gasteiger partial charge is 0.433 e. The Morgan fingerprint density at radius 3 is 2.79 bits per heavy atom. The summed E-state index contributed by atoms with van der Waals surface area (Å²) in [5.41, 5.74) is -1.78. The molecule has 4 nitrogen and oxygen atoms in total. The van der Waals surface area contributed by atoms with Crippen LogP contribution in [0.3, 0.4) is 0 Å². The average Bonchev–Trinajstić information content (AvgIpc) is 2.77. The second-order valence-corrected chi connectivity index (χ2v) is 4.64. The van der Waals surface area contributed by atoms with Gasteiger partial charge in [-0.1, -0.05) is 29.8 Å². The molecule has 0 fully saturated rings. The number of hydrogen-bond acceptors (Lipinski definition) is 2. The van der Waals surface area contributed by atoms with E-state index in [9.17, 15) is 18.0 Å². The predicted octanol–water partition coefficient (Wildman–Crippen LogP) is 2.61. The van der Waals surface area contributed by atoms with Crippen molar-refractivity contribution >= 4 is 17.5 Å². The fourth-order valence-corrected chi connectivity index (χ4v) is 1.87. The van der Waals surface area contributed by atoms with Crippen molar-refractivity contribution in [1.29, 1.82) is 0 Å². The monoisotopic (exact) mass is 291 g/mol. The fraction of sp³-hybridized carbons (Fsp3) is 0.273. The van der Waals surface area contributed by atoms with Crippen LogP contribution in [0.4, 0.5) is 13.2 Å². The van der Waals surface area contributed by atoms with Crippen LogP contribution in [0.5, 0.6) is 0 Å². The number of carbonyl (C=O) groups is 1. The van der Waals surface area contributed by atoms with Crippen molar-refractivity contribution in [2.45, 2.75) is 17.6 Å². The second kappa shape index (κ2) is 4.73. The highest BCUT2D eigenvalue weighted by Crippen LogP contribution is 2.31. The summed E-state index contributed by atoms with van der Waals surface area (Å²) in [6.07, 6.45) is 2.97. The van der Waals surface area contributed by atoms with Crippen LogP contribution in [-0.2, 0) is 6.18 Å². The zero-order valence-corrected chi connectivity index (χ0v) is 10.2. The summed E-state index contributed by atoms with van der Waals surface area (Å²) >= 11 is 6.07. The van der Waals surface area contributed by atoms with Crippen molar-refractivity contribution in [1.82, 2.24) is 15.5 Å². The number of alkyl halides is 4. The standard InChI is InChI=1S/C11H9ClF3N3O/c12-10(4-2-1-3-5-10)17-9(19)7-6-16-18-8(7)11(13,14)15/h1-4,6H,5H2,(H,16,18)(H,17,19). The van der Waals surface area contributed by atoms with E-state index in [0.717, 1.165) is 6.20 Å². The number of H-pyrrole nitrogens is 1. The van der Waals surface area contributed by atoms with Gasteiger partial charge in [-0.25, -0.2) is 0 Å². The Morgan fingerprint density at radius 2 is 2.21 bits per heavy atom. The Kier molecular flexibility index (Phi) is 3.40. The van der Waals surface area contributed by atoms with Gasteiger partial charge in [0.05, 0.1) is 11.8 Å². The molecule has 0 aliphatic heterocycles. The molecule has 1 atom stereocenters. The third kappa shape index (κ3) is 2.98. The molecule has 1 amide bonds. The van der Waals surface area contributed by atoms with Gasteiger partial charge in [0, 0.05) is 6.42 Å². The molecule has 0 saturated heterocycles. The quantitative estimate of drug-likeness (QED) is 0.650. The maximum Gasteiger partial charge on any atom is 0.433 e. The van der Waals surface area contributed by atoms with Crippen molar-refractivity contribution in [2.75, 3.05) is 0 Å². The van der Waals surface area contributed by atoms with Crippen LogP contribution in [0.2, 0.25) is 0 Å². The minimum absolute atomic E-state index is 0.288. The summed E-state index contributed by atoms with van der Waals surface area (Å²) in [6, 6.07) is 0. The third-order valence-corrected chi connectivity index (χ3v) is 2.89. The minimum Gasteiger partial charge on any atom is -0.330 e. The molecule has 0 saturated carbocycles. The van der Waals surface area contributed by atoms with Gasteiger partial charge in [0.1, 0.15) is 5.00 Å². The first-order chi connectivity index (χ1) is 8.82. The molecule has 102 valence electrons. The van der Waals surface area contributed by atoms with E-state index in [-0.39, 0.29) is 6.42 Å². The van der Waals surface area contributed by atoms with Gasteiger partial charge in [0.2, 0.25) is 0 Å². The lowest BCUT2D eigenvalue weighted by Gasteiger charge is -2.25. The Hall–Kier alpha value is -1.76. The fourth-order valence-electron chi connectivity index (χ4n) is 1.62. The maximum absolute atomic E-state index is 12.6. The number of aromatic nitrogens is 2. The molecule has 2 rings (SSSR count). The van der Waals surface area contributed by atoms with E-state index in [1.807, 2.05) is 0 Å². The van der Waals surface area contributed by atoms with E-state index < -0.39 is 28.3 Å². The Morgan fingerprint density at radius 1 is 1.47 bits per heavy atom. The molecular weight excluding hydrogens is 283 g/mol. The second-order valence-electron chi connectivity index (χ2n) is 3.96. The van der Waals surface area contributed by atoms with Crippen molar-refractivity contribution in [3.63, 3.8) is 0 Å². The van der Waals surface area contributed by atoms with Crippen LogP contribution in [0.25, 0.3) is 0 Å². The number of hydrogen-bond donors (Lipinski definition) is 2. The van der Waals surface area contributed by atoms with E-state index in [1.165, 1.54) is 6.08 Å². The number of halogens is 4. The number of carbonyl (C=O) groups excluding carboxylic acids is 1. The van der Waals surface area contributed by atoms with Crippen LogP contribution in [0.1, 0.15) is 22.5 Å². The van der Waals surface area contributed by atoms with Gasteiger partial charge >= 0.3 is 6.18 Å². The van der Waals surface area contributed by atoms with E-state index >= 15 is 0 Å². The van der Waals surface area contributed by atoms with E-state index in [0.29, 0.717) is 0 Å². The van der Waals surface area contributed by atoms with Gasteiger partial charge in [-0.05, 0) is 6.08 Å². The lowest BCUT2D eigenvalue weighted by molar-refractivity contribution is -0.141. The third-order valence-electron chi connectivity index (χ3n) is 2.51. The highest BCUT2D eigenvalue weighted by Gasteiger charge is 2.38. The molecule has 1 aliphatic carbocycles. The van der Waals surface area contributed by atoms with Crippen LogP contribution >= 0.6 is 11.6 Å². The summed E-state index contributed by atoms with van der Waals surface area (Å²) in [7, 11) is 0. The summed E-state index contributed by atoms with van der Waals surface area (Å²) in [5.74, 6) is -0.934. The smallest absolute Gasteiger partial charge is 0.330 e. The molecule has 8 heteroatoms. The molecule has 1 aromatic heterocycles. The molecular formula is C11H9ClF3N3O. The zero-order chi connectivity index (χ0) is 14.1. The van der Waals surface area contributed by atoms with Gasteiger partial charge in [0.15, 0.2) is 5.69 Å². The number of aromatic amines is 1. The van der Waals surface area contributed by atoms with E-state index in [2.05, 4.69) is 10.4 Å². The number of allylic oxidation sites excluding steroid dienone is 2. The molecule has 2 N–H and O–H groups in total. The van der Waals surface area contributed by atoms with Gasteiger partial charge < -0.3 is 5.32 Å². The summed E-state index contributed by atoms with van der Waals surface area (Å²) in [5, 5.41) is 7.35. The molecule has 0 radical (unpaired) electrons. The number of rotatable bonds is 2. The SMILES string of the molecule is O=C(NC1(Cl)C=CC=CC1)c1cn[nH]c1C(F)(F)F. The molecule has 0 bridgehead atoms. The predicted molar refractivity (Wildman–Crippen MR) is 62.5 cm³/mol. The van der Waals surface area contributed by atoms with Gasteiger partial charge in [-0.15, -0.1) is 0 Å². The van der Waals surface area contributed by atoms with Crippen LogP contribution in [0.15, 0.2) is 30.5 Å². The average molecular weight is 292 g/mol. The lowest BCUT2D eigenvalue weighted by Crippen LogP contribution is -2.42. The van der Waals surface area contributed by atoms with Crippen LogP contribution in [-0.4, -0.2) is 21.1 Å². The summed E-state index contributed by atoms with van der Waals surface area (Å²) < 4.78 is 37.8. The molecule has 1 heterocycles. The number of amides is 1. The van der Waals surface area contributed by atoms with E-state index in [4.69, 9.17) is 11.6 Å².